The molecule has 0 atom stereocenters. The second-order valence-electron chi connectivity index (χ2n) is 5.17. The van der Waals surface area contributed by atoms with Gasteiger partial charge < -0.3 is 14.8 Å². The summed E-state index contributed by atoms with van der Waals surface area (Å²) < 4.78 is 11.1. The Bertz CT molecular complexity index is 578. The lowest BCUT2D eigenvalue weighted by Gasteiger charge is -2.14. The maximum Gasteiger partial charge on any atom is 0.189 e. The van der Waals surface area contributed by atoms with Crippen LogP contribution in [0.1, 0.15) is 25.3 Å². The van der Waals surface area contributed by atoms with Gasteiger partial charge in [-0.2, -0.15) is 0 Å². The summed E-state index contributed by atoms with van der Waals surface area (Å²) in [7, 11) is 0. The molecule has 0 radical (unpaired) electrons. The molecule has 0 unspecified atom stereocenters. The van der Waals surface area contributed by atoms with Crippen molar-refractivity contribution in [2.45, 2.75) is 32.4 Å². The van der Waals surface area contributed by atoms with Crippen molar-refractivity contribution < 1.29 is 9.47 Å². The minimum Gasteiger partial charge on any atom is -0.467 e. The van der Waals surface area contributed by atoms with Gasteiger partial charge in [0, 0.05) is 24.8 Å². The van der Waals surface area contributed by atoms with Crippen molar-refractivity contribution in [1.29, 1.82) is 0 Å². The standard InChI is InChI=1S/C17H21NO2/c1-2-19-12-20-17-10-7-13-5-3-4-6-15(13)16(17)11-18-14-8-9-14/h3-7,10,14,18H,2,8-9,11-12H2,1H3. The van der Waals surface area contributed by atoms with Crippen LogP contribution in [0.2, 0.25) is 0 Å². The number of benzene rings is 2. The van der Waals surface area contributed by atoms with E-state index in [2.05, 4.69) is 35.6 Å². The van der Waals surface area contributed by atoms with Gasteiger partial charge >= 0.3 is 0 Å². The Morgan fingerprint density at radius 3 is 2.80 bits per heavy atom. The van der Waals surface area contributed by atoms with Crippen molar-refractivity contribution in [2.75, 3.05) is 13.4 Å². The summed E-state index contributed by atoms with van der Waals surface area (Å²) in [4.78, 5) is 0. The van der Waals surface area contributed by atoms with Crippen LogP contribution in [0.5, 0.6) is 5.75 Å². The highest BCUT2D eigenvalue weighted by Crippen LogP contribution is 2.29. The zero-order valence-corrected chi connectivity index (χ0v) is 11.9. The summed E-state index contributed by atoms with van der Waals surface area (Å²) in [5.41, 5.74) is 1.23. The minimum atomic E-state index is 0.311. The Hall–Kier alpha value is -1.58. The lowest BCUT2D eigenvalue weighted by molar-refractivity contribution is 0.0219. The molecule has 0 aliphatic heterocycles. The molecule has 2 aromatic carbocycles. The van der Waals surface area contributed by atoms with E-state index < -0.39 is 0 Å². The highest BCUT2D eigenvalue weighted by molar-refractivity contribution is 5.87. The van der Waals surface area contributed by atoms with E-state index in [1.807, 2.05) is 13.0 Å². The van der Waals surface area contributed by atoms with Crippen molar-refractivity contribution in [1.82, 2.24) is 5.32 Å². The summed E-state index contributed by atoms with van der Waals surface area (Å²) in [6, 6.07) is 13.3. The van der Waals surface area contributed by atoms with Crippen LogP contribution in [-0.2, 0) is 11.3 Å². The van der Waals surface area contributed by atoms with Crippen molar-refractivity contribution in [3.05, 3.63) is 42.0 Å². The molecule has 1 saturated carbocycles. The third-order valence-electron chi connectivity index (χ3n) is 3.64. The fraction of sp³-hybridized carbons (Fsp3) is 0.412. The molecule has 0 aromatic heterocycles. The molecule has 3 rings (SSSR count). The third-order valence-corrected chi connectivity index (χ3v) is 3.64. The Balaban J connectivity index is 1.87. The van der Waals surface area contributed by atoms with Crippen LogP contribution in [0.25, 0.3) is 10.8 Å². The molecule has 3 nitrogen and oxygen atoms in total. The van der Waals surface area contributed by atoms with Crippen LogP contribution < -0.4 is 10.1 Å². The van der Waals surface area contributed by atoms with Gasteiger partial charge in [0.25, 0.3) is 0 Å². The predicted octanol–water partition coefficient (Wildman–Crippen LogP) is 3.46. The largest absolute Gasteiger partial charge is 0.467 e. The molecule has 2 aromatic rings. The van der Waals surface area contributed by atoms with Crippen LogP contribution in [0, 0.1) is 0 Å². The van der Waals surface area contributed by atoms with E-state index in [1.165, 1.54) is 29.2 Å². The monoisotopic (exact) mass is 271 g/mol. The molecular formula is C17H21NO2. The molecule has 0 heterocycles. The lowest BCUT2D eigenvalue weighted by atomic mass is 10.0. The van der Waals surface area contributed by atoms with E-state index in [9.17, 15) is 0 Å². The van der Waals surface area contributed by atoms with Crippen molar-refractivity contribution >= 4 is 10.8 Å². The molecule has 1 fully saturated rings. The van der Waals surface area contributed by atoms with Crippen molar-refractivity contribution in [2.24, 2.45) is 0 Å². The zero-order chi connectivity index (χ0) is 13.8. The van der Waals surface area contributed by atoms with Gasteiger partial charge in [-0.25, -0.2) is 0 Å². The van der Waals surface area contributed by atoms with Gasteiger partial charge in [0.15, 0.2) is 6.79 Å². The average Bonchev–Trinajstić information content (AvgIpc) is 3.30. The summed E-state index contributed by atoms with van der Waals surface area (Å²) >= 11 is 0. The second-order valence-corrected chi connectivity index (χ2v) is 5.17. The number of fused-ring (bicyclic) bond motifs is 1. The Kier molecular flexibility index (Phi) is 4.19. The predicted molar refractivity (Wildman–Crippen MR) is 80.9 cm³/mol. The second kappa shape index (κ2) is 6.25. The first kappa shape index (κ1) is 13.4. The van der Waals surface area contributed by atoms with Crippen LogP contribution in [0.4, 0.5) is 0 Å². The normalized spacial score (nSPS) is 14.7. The third kappa shape index (κ3) is 3.11. The molecule has 0 saturated heterocycles. The lowest BCUT2D eigenvalue weighted by Crippen LogP contribution is -2.16. The van der Waals surface area contributed by atoms with E-state index in [1.54, 1.807) is 0 Å². The molecule has 3 heteroatoms. The number of hydrogen-bond donors (Lipinski definition) is 1. The summed E-state index contributed by atoms with van der Waals surface area (Å²) in [6.45, 7) is 3.81. The van der Waals surface area contributed by atoms with Crippen molar-refractivity contribution in [3.8, 4) is 5.75 Å². The van der Waals surface area contributed by atoms with Gasteiger partial charge in [0.05, 0.1) is 0 Å². The average molecular weight is 271 g/mol. The zero-order valence-electron chi connectivity index (χ0n) is 11.9. The van der Waals surface area contributed by atoms with E-state index in [-0.39, 0.29) is 0 Å². The topological polar surface area (TPSA) is 30.5 Å². The molecule has 1 aliphatic carbocycles. The van der Waals surface area contributed by atoms with Gasteiger partial charge in [-0.1, -0.05) is 30.3 Å². The molecule has 0 amide bonds. The number of ether oxygens (including phenoxy) is 2. The quantitative estimate of drug-likeness (QED) is 0.618. The number of nitrogens with one attached hydrogen (secondary N) is 1. The fourth-order valence-electron chi connectivity index (χ4n) is 2.36. The SMILES string of the molecule is CCOCOc1ccc2ccccc2c1CNC1CC1. The van der Waals surface area contributed by atoms with Gasteiger partial charge in [0.2, 0.25) is 0 Å². The van der Waals surface area contributed by atoms with Crippen LogP contribution in [0.3, 0.4) is 0 Å². The smallest absolute Gasteiger partial charge is 0.189 e. The fourth-order valence-corrected chi connectivity index (χ4v) is 2.36. The van der Waals surface area contributed by atoms with Gasteiger partial charge in [-0.15, -0.1) is 0 Å². The number of rotatable bonds is 7. The van der Waals surface area contributed by atoms with Crippen LogP contribution >= 0.6 is 0 Å². The molecule has 1 aliphatic rings. The Labute approximate surface area is 119 Å². The van der Waals surface area contributed by atoms with Crippen LogP contribution in [-0.4, -0.2) is 19.4 Å². The minimum absolute atomic E-state index is 0.311. The molecule has 1 N–H and O–H groups in total. The first-order chi connectivity index (χ1) is 9.88. The molecule has 0 bridgehead atoms. The molecular weight excluding hydrogens is 250 g/mol. The van der Waals surface area contributed by atoms with Gasteiger partial charge in [-0.3, -0.25) is 0 Å². The number of hydrogen-bond acceptors (Lipinski definition) is 3. The highest BCUT2D eigenvalue weighted by atomic mass is 16.7. The maximum atomic E-state index is 5.78. The van der Waals surface area contributed by atoms with E-state index in [4.69, 9.17) is 9.47 Å². The molecule has 0 spiro atoms. The first-order valence-corrected chi connectivity index (χ1v) is 7.33. The Morgan fingerprint density at radius 1 is 1.15 bits per heavy atom. The highest BCUT2D eigenvalue weighted by Gasteiger charge is 2.21. The summed E-state index contributed by atoms with van der Waals surface area (Å²) in [5, 5.41) is 6.09. The molecule has 20 heavy (non-hydrogen) atoms. The van der Waals surface area contributed by atoms with E-state index in [0.717, 1.165) is 12.3 Å². The maximum absolute atomic E-state index is 5.78. The van der Waals surface area contributed by atoms with E-state index in [0.29, 0.717) is 19.4 Å². The summed E-state index contributed by atoms with van der Waals surface area (Å²) in [5.74, 6) is 0.922. The van der Waals surface area contributed by atoms with E-state index >= 15 is 0 Å². The van der Waals surface area contributed by atoms with Crippen molar-refractivity contribution in [3.63, 3.8) is 0 Å². The Morgan fingerprint density at radius 2 is 2.00 bits per heavy atom. The van der Waals surface area contributed by atoms with Gasteiger partial charge in [0.1, 0.15) is 5.75 Å². The first-order valence-electron chi connectivity index (χ1n) is 7.33. The van der Waals surface area contributed by atoms with Crippen LogP contribution in [0.15, 0.2) is 36.4 Å². The summed E-state index contributed by atoms with van der Waals surface area (Å²) in [6.07, 6.45) is 2.58. The molecule has 106 valence electrons. The van der Waals surface area contributed by atoms with Gasteiger partial charge in [-0.05, 0) is 36.6 Å².